The van der Waals surface area contributed by atoms with Crippen molar-refractivity contribution < 1.29 is 9.90 Å². The van der Waals surface area contributed by atoms with Gasteiger partial charge in [0.2, 0.25) is 0 Å². The van der Waals surface area contributed by atoms with E-state index < -0.39 is 5.97 Å². The predicted octanol–water partition coefficient (Wildman–Crippen LogP) is 3.51. The molecule has 0 atom stereocenters. The van der Waals surface area contributed by atoms with Crippen LogP contribution < -0.4 is 0 Å². The highest BCUT2D eigenvalue weighted by Gasteiger charge is 2.08. The quantitative estimate of drug-likeness (QED) is 0.617. The van der Waals surface area contributed by atoms with Gasteiger partial charge in [-0.15, -0.1) is 0 Å². The zero-order valence-corrected chi connectivity index (χ0v) is 9.60. The Morgan fingerprint density at radius 1 is 1.19 bits per heavy atom. The fourth-order valence-electron chi connectivity index (χ4n) is 1.36. The number of rotatable bonds is 4. The number of carbonyl (C=O) groups is 1. The molecule has 0 bridgehead atoms. The molecule has 0 unspecified atom stereocenters. The molecule has 0 aliphatic heterocycles. The Hall–Kier alpha value is -1.83. The largest absolute Gasteiger partial charge is 0.478 e. The maximum atomic E-state index is 11.1. The Morgan fingerprint density at radius 3 is 2.31 bits per heavy atom. The molecule has 0 heterocycles. The summed E-state index contributed by atoms with van der Waals surface area (Å²) in [6, 6.07) is 9.17. The molecule has 1 aromatic carbocycles. The van der Waals surface area contributed by atoms with Crippen molar-refractivity contribution in [2.75, 3.05) is 0 Å². The second kappa shape index (κ2) is 5.91. The van der Waals surface area contributed by atoms with E-state index in [-0.39, 0.29) is 0 Å². The van der Waals surface area contributed by atoms with Crippen molar-refractivity contribution in [1.29, 1.82) is 0 Å². The fourth-order valence-corrected chi connectivity index (χ4v) is 1.36. The van der Waals surface area contributed by atoms with Crippen LogP contribution in [0.25, 0.3) is 5.57 Å². The molecule has 0 aromatic heterocycles. The standard InChI is InChI=1S/C14H16O2/c1-11(2)7-6-10-13(14(15)16)12-8-4-3-5-9-12/h3-5,7-10H,6H2,1-2H3,(H,15,16). The van der Waals surface area contributed by atoms with Gasteiger partial charge in [-0.2, -0.15) is 0 Å². The van der Waals surface area contributed by atoms with Gasteiger partial charge in [-0.25, -0.2) is 4.79 Å². The molecular weight excluding hydrogens is 200 g/mol. The lowest BCUT2D eigenvalue weighted by Gasteiger charge is -2.01. The smallest absolute Gasteiger partial charge is 0.335 e. The number of benzene rings is 1. The third-order valence-electron chi connectivity index (χ3n) is 2.16. The first-order chi connectivity index (χ1) is 7.61. The lowest BCUT2D eigenvalue weighted by Crippen LogP contribution is -1.99. The van der Waals surface area contributed by atoms with E-state index in [1.165, 1.54) is 5.57 Å². The average Bonchev–Trinajstić information content (AvgIpc) is 2.25. The molecule has 2 heteroatoms. The van der Waals surface area contributed by atoms with Crippen LogP contribution in [0.15, 0.2) is 48.1 Å². The maximum Gasteiger partial charge on any atom is 0.335 e. The van der Waals surface area contributed by atoms with Gasteiger partial charge >= 0.3 is 5.97 Å². The minimum absolute atomic E-state index is 0.359. The first-order valence-electron chi connectivity index (χ1n) is 5.23. The number of aliphatic carboxylic acids is 1. The van der Waals surface area contributed by atoms with E-state index in [4.69, 9.17) is 5.11 Å². The summed E-state index contributed by atoms with van der Waals surface area (Å²) in [5, 5.41) is 9.10. The molecule has 0 saturated heterocycles. The van der Waals surface area contributed by atoms with Crippen molar-refractivity contribution in [3.05, 3.63) is 53.6 Å². The molecule has 0 fully saturated rings. The summed E-state index contributed by atoms with van der Waals surface area (Å²) in [5.74, 6) is -0.881. The van der Waals surface area contributed by atoms with Crippen LogP contribution in [0.3, 0.4) is 0 Å². The van der Waals surface area contributed by atoms with Gasteiger partial charge in [-0.3, -0.25) is 0 Å². The fraction of sp³-hybridized carbons (Fsp3) is 0.214. The average molecular weight is 216 g/mol. The van der Waals surface area contributed by atoms with E-state index in [2.05, 4.69) is 0 Å². The summed E-state index contributed by atoms with van der Waals surface area (Å²) in [7, 11) is 0. The van der Waals surface area contributed by atoms with Gasteiger partial charge in [-0.05, 0) is 25.8 Å². The van der Waals surface area contributed by atoms with E-state index >= 15 is 0 Å². The monoisotopic (exact) mass is 216 g/mol. The summed E-state index contributed by atoms with van der Waals surface area (Å²) < 4.78 is 0. The third kappa shape index (κ3) is 3.73. The first-order valence-corrected chi connectivity index (χ1v) is 5.23. The van der Waals surface area contributed by atoms with Gasteiger partial charge in [0.1, 0.15) is 0 Å². The maximum absolute atomic E-state index is 11.1. The van der Waals surface area contributed by atoms with Gasteiger partial charge in [0.05, 0.1) is 5.57 Å². The molecule has 84 valence electrons. The summed E-state index contributed by atoms with van der Waals surface area (Å²) in [6.07, 6.45) is 4.40. The van der Waals surface area contributed by atoms with Gasteiger partial charge in [0.25, 0.3) is 0 Å². The molecule has 0 radical (unpaired) electrons. The van der Waals surface area contributed by atoms with Gasteiger partial charge in [0.15, 0.2) is 0 Å². The molecule has 1 rings (SSSR count). The van der Waals surface area contributed by atoms with E-state index in [1.54, 1.807) is 6.08 Å². The normalized spacial score (nSPS) is 11.0. The highest BCUT2D eigenvalue weighted by Crippen LogP contribution is 2.15. The van der Waals surface area contributed by atoms with Crippen LogP contribution in [0.2, 0.25) is 0 Å². The van der Waals surface area contributed by atoms with E-state index in [9.17, 15) is 4.79 Å². The molecule has 16 heavy (non-hydrogen) atoms. The number of carboxylic acids is 1. The highest BCUT2D eigenvalue weighted by molar-refractivity contribution is 6.15. The van der Waals surface area contributed by atoms with Crippen LogP contribution in [-0.4, -0.2) is 11.1 Å². The lowest BCUT2D eigenvalue weighted by atomic mass is 10.0. The number of allylic oxidation sites excluding steroid dienone is 3. The Kier molecular flexibility index (Phi) is 4.52. The molecule has 0 amide bonds. The van der Waals surface area contributed by atoms with Crippen molar-refractivity contribution in [3.63, 3.8) is 0 Å². The number of hydrogen-bond donors (Lipinski definition) is 1. The van der Waals surface area contributed by atoms with Crippen LogP contribution in [0.5, 0.6) is 0 Å². The minimum atomic E-state index is -0.881. The minimum Gasteiger partial charge on any atom is -0.478 e. The highest BCUT2D eigenvalue weighted by atomic mass is 16.4. The van der Waals surface area contributed by atoms with Crippen LogP contribution >= 0.6 is 0 Å². The predicted molar refractivity (Wildman–Crippen MR) is 66.1 cm³/mol. The first kappa shape index (κ1) is 12.2. The second-order valence-corrected chi connectivity index (χ2v) is 3.81. The van der Waals surface area contributed by atoms with Crippen LogP contribution in [0, 0.1) is 0 Å². The van der Waals surface area contributed by atoms with E-state index in [1.807, 2.05) is 50.3 Å². The van der Waals surface area contributed by atoms with Crippen molar-refractivity contribution in [2.24, 2.45) is 0 Å². The molecule has 0 saturated carbocycles. The molecule has 1 aromatic rings. The molecular formula is C14H16O2. The van der Waals surface area contributed by atoms with Gasteiger partial charge in [0, 0.05) is 0 Å². The third-order valence-corrected chi connectivity index (χ3v) is 2.16. The molecule has 2 nitrogen and oxygen atoms in total. The zero-order valence-electron chi connectivity index (χ0n) is 9.60. The van der Waals surface area contributed by atoms with Crippen LogP contribution in [0.1, 0.15) is 25.8 Å². The van der Waals surface area contributed by atoms with Gasteiger partial charge < -0.3 is 5.11 Å². The van der Waals surface area contributed by atoms with Crippen molar-refractivity contribution in [2.45, 2.75) is 20.3 Å². The summed E-state index contributed by atoms with van der Waals surface area (Å²) in [6.45, 7) is 3.99. The lowest BCUT2D eigenvalue weighted by molar-refractivity contribution is -0.130. The molecule has 0 aliphatic carbocycles. The Bertz CT molecular complexity index is 410. The summed E-state index contributed by atoms with van der Waals surface area (Å²) >= 11 is 0. The number of hydrogen-bond acceptors (Lipinski definition) is 1. The Morgan fingerprint density at radius 2 is 1.81 bits per heavy atom. The van der Waals surface area contributed by atoms with Crippen molar-refractivity contribution >= 4 is 11.5 Å². The van der Waals surface area contributed by atoms with Crippen LogP contribution in [-0.2, 0) is 4.79 Å². The van der Waals surface area contributed by atoms with Crippen molar-refractivity contribution in [3.8, 4) is 0 Å². The second-order valence-electron chi connectivity index (χ2n) is 3.81. The Balaban J connectivity index is 2.93. The van der Waals surface area contributed by atoms with Crippen LogP contribution in [0.4, 0.5) is 0 Å². The molecule has 1 N–H and O–H groups in total. The van der Waals surface area contributed by atoms with Crippen molar-refractivity contribution in [1.82, 2.24) is 0 Å². The van der Waals surface area contributed by atoms with E-state index in [0.717, 1.165) is 5.56 Å². The summed E-state index contributed by atoms with van der Waals surface area (Å²) in [4.78, 5) is 11.1. The molecule has 0 spiro atoms. The molecule has 0 aliphatic rings. The SMILES string of the molecule is CC(C)=CCC=C(C(=O)O)c1ccccc1. The Labute approximate surface area is 95.9 Å². The summed E-state index contributed by atoms with van der Waals surface area (Å²) in [5.41, 5.74) is 2.30. The topological polar surface area (TPSA) is 37.3 Å². The van der Waals surface area contributed by atoms with E-state index in [0.29, 0.717) is 12.0 Å². The number of carboxylic acid groups (broad SMARTS) is 1. The van der Waals surface area contributed by atoms with Gasteiger partial charge in [-0.1, -0.05) is 48.1 Å². The zero-order chi connectivity index (χ0) is 12.0.